The number of fused-ring (bicyclic) bond motifs is 1. The number of nitro groups is 1. The fourth-order valence-corrected chi connectivity index (χ4v) is 2.72. The summed E-state index contributed by atoms with van der Waals surface area (Å²) < 4.78 is 53.1. The van der Waals surface area contributed by atoms with E-state index in [-0.39, 0.29) is 34.9 Å². The monoisotopic (exact) mass is 446 g/mol. The fraction of sp³-hybridized carbons (Fsp3) is 0.176. The van der Waals surface area contributed by atoms with Gasteiger partial charge in [-0.3, -0.25) is 14.9 Å². The molecule has 0 saturated heterocycles. The number of carbonyl (C=O) groups is 2. The predicted molar refractivity (Wildman–Crippen MR) is 94.6 cm³/mol. The summed E-state index contributed by atoms with van der Waals surface area (Å²) in [5.41, 5.74) is -2.75. The third-order valence-corrected chi connectivity index (χ3v) is 4.07. The van der Waals surface area contributed by atoms with Crippen molar-refractivity contribution >= 4 is 34.9 Å². The molecule has 1 N–H and O–H groups in total. The fourth-order valence-electron chi connectivity index (χ4n) is 2.45. The van der Waals surface area contributed by atoms with E-state index >= 15 is 0 Å². The van der Waals surface area contributed by atoms with E-state index in [1.54, 1.807) is 0 Å². The van der Waals surface area contributed by atoms with Crippen LogP contribution in [0.25, 0.3) is 0 Å². The summed E-state index contributed by atoms with van der Waals surface area (Å²) in [7, 11) is 0. The zero-order valence-electron chi connectivity index (χ0n) is 14.6. The highest BCUT2D eigenvalue weighted by Crippen LogP contribution is 2.40. The second kappa shape index (κ2) is 8.06. The first-order valence-corrected chi connectivity index (χ1v) is 8.36. The molecule has 0 unspecified atom stereocenters. The average Bonchev–Trinajstić information content (AvgIpc) is 3.14. The summed E-state index contributed by atoms with van der Waals surface area (Å²) in [4.78, 5) is 34.0. The van der Waals surface area contributed by atoms with Crippen molar-refractivity contribution in [3.8, 4) is 11.5 Å². The number of amides is 1. The molecule has 2 aromatic carbocycles. The third-order valence-electron chi connectivity index (χ3n) is 3.79. The minimum Gasteiger partial charge on any atom is -0.454 e. The maximum absolute atomic E-state index is 12.7. The Balaban J connectivity index is 1.67. The summed E-state index contributed by atoms with van der Waals surface area (Å²) in [6, 6.07) is 4.11. The van der Waals surface area contributed by atoms with Gasteiger partial charge in [0.25, 0.3) is 11.6 Å². The number of nitrogens with one attached hydrogen (secondary N) is 1. The molecule has 2 aromatic rings. The van der Waals surface area contributed by atoms with E-state index in [1.807, 2.05) is 5.32 Å². The van der Waals surface area contributed by atoms with Gasteiger partial charge in [0.05, 0.1) is 21.1 Å². The van der Waals surface area contributed by atoms with E-state index in [1.165, 1.54) is 12.1 Å². The largest absolute Gasteiger partial charge is 0.454 e. The van der Waals surface area contributed by atoms with Crippen LogP contribution in [0.15, 0.2) is 30.3 Å². The van der Waals surface area contributed by atoms with Gasteiger partial charge in [-0.25, -0.2) is 4.79 Å². The Hall–Kier alpha value is -3.54. The zero-order chi connectivity index (χ0) is 22.1. The topological polar surface area (TPSA) is 117 Å². The molecule has 0 atom stereocenters. The van der Waals surface area contributed by atoms with Gasteiger partial charge in [-0.15, -0.1) is 0 Å². The van der Waals surface area contributed by atoms with Crippen molar-refractivity contribution in [2.75, 3.05) is 18.7 Å². The summed E-state index contributed by atoms with van der Waals surface area (Å²) >= 11 is 5.94. The first kappa shape index (κ1) is 21.2. The summed E-state index contributed by atoms with van der Waals surface area (Å²) in [5.74, 6) is -1.50. The number of hydrogen-bond acceptors (Lipinski definition) is 7. The zero-order valence-corrected chi connectivity index (χ0v) is 15.4. The Morgan fingerprint density at radius 2 is 1.97 bits per heavy atom. The first-order chi connectivity index (χ1) is 14.1. The quantitative estimate of drug-likeness (QED) is 0.422. The van der Waals surface area contributed by atoms with Gasteiger partial charge in [-0.05, 0) is 24.3 Å². The Morgan fingerprint density at radius 3 is 2.63 bits per heavy atom. The van der Waals surface area contributed by atoms with Crippen molar-refractivity contribution in [1.29, 1.82) is 0 Å². The van der Waals surface area contributed by atoms with Crippen LogP contribution in [-0.4, -0.2) is 30.2 Å². The van der Waals surface area contributed by atoms with E-state index in [2.05, 4.69) is 0 Å². The van der Waals surface area contributed by atoms with E-state index in [4.69, 9.17) is 25.8 Å². The van der Waals surface area contributed by atoms with Crippen LogP contribution in [0.3, 0.4) is 0 Å². The van der Waals surface area contributed by atoms with Crippen molar-refractivity contribution in [2.45, 2.75) is 6.18 Å². The summed E-state index contributed by atoms with van der Waals surface area (Å²) in [6.45, 7) is -0.940. The van der Waals surface area contributed by atoms with Gasteiger partial charge in [0.2, 0.25) is 6.79 Å². The highest BCUT2D eigenvalue weighted by Gasteiger charge is 2.33. The number of carbonyl (C=O) groups excluding carboxylic acids is 2. The van der Waals surface area contributed by atoms with Crippen LogP contribution in [-0.2, 0) is 15.7 Å². The molecule has 30 heavy (non-hydrogen) atoms. The lowest BCUT2D eigenvalue weighted by Gasteiger charge is -2.10. The Kier molecular flexibility index (Phi) is 5.69. The highest BCUT2D eigenvalue weighted by atomic mass is 35.5. The van der Waals surface area contributed by atoms with E-state index in [9.17, 15) is 32.9 Å². The molecule has 3 rings (SSSR count). The third kappa shape index (κ3) is 4.54. The average molecular weight is 447 g/mol. The molecule has 158 valence electrons. The second-order valence-electron chi connectivity index (χ2n) is 5.80. The molecular formula is C17H10ClF3N2O7. The van der Waals surface area contributed by atoms with E-state index in [0.717, 1.165) is 6.07 Å². The number of benzene rings is 2. The molecule has 1 amide bonds. The number of rotatable bonds is 5. The molecule has 1 aliphatic rings. The Labute approximate surface area is 170 Å². The number of hydrogen-bond donors (Lipinski definition) is 1. The van der Waals surface area contributed by atoms with Gasteiger partial charge in [0.1, 0.15) is 5.69 Å². The highest BCUT2D eigenvalue weighted by molar-refractivity contribution is 6.32. The molecule has 0 aromatic heterocycles. The minimum absolute atomic E-state index is 0.0439. The van der Waals surface area contributed by atoms with Gasteiger partial charge in [-0.1, -0.05) is 11.6 Å². The van der Waals surface area contributed by atoms with Crippen molar-refractivity contribution < 1.29 is 41.9 Å². The SMILES string of the molecule is O=C(COC(=O)c1cc(Cl)c2c(c1)OCO2)Nc1ccc(C(F)(F)F)cc1[N+](=O)[O-]. The van der Waals surface area contributed by atoms with Gasteiger partial charge in [0, 0.05) is 6.07 Å². The molecule has 9 nitrogen and oxygen atoms in total. The van der Waals surface area contributed by atoms with Crippen LogP contribution in [0.1, 0.15) is 15.9 Å². The smallest absolute Gasteiger partial charge is 0.416 e. The van der Waals surface area contributed by atoms with Gasteiger partial charge in [-0.2, -0.15) is 13.2 Å². The standard InChI is InChI=1S/C17H10ClF3N2O7/c18-10-3-8(4-13-15(10)30-7-29-13)16(25)28-6-14(24)22-11-2-1-9(17(19,20)21)5-12(11)23(26)27/h1-5H,6-7H2,(H,22,24). The van der Waals surface area contributed by atoms with E-state index in [0.29, 0.717) is 6.07 Å². The lowest BCUT2D eigenvalue weighted by molar-refractivity contribution is -0.384. The first-order valence-electron chi connectivity index (χ1n) is 7.98. The van der Waals surface area contributed by atoms with Crippen LogP contribution in [0, 0.1) is 10.1 Å². The molecule has 0 bridgehead atoms. The van der Waals surface area contributed by atoms with Crippen molar-refractivity contribution in [3.05, 3.63) is 56.6 Å². The maximum Gasteiger partial charge on any atom is 0.416 e. The molecule has 0 saturated carbocycles. The van der Waals surface area contributed by atoms with Crippen molar-refractivity contribution in [1.82, 2.24) is 0 Å². The van der Waals surface area contributed by atoms with Gasteiger partial charge in [0.15, 0.2) is 18.1 Å². The Morgan fingerprint density at radius 1 is 1.23 bits per heavy atom. The molecule has 1 heterocycles. The number of halogens is 4. The number of nitrogens with zero attached hydrogens (tertiary/aromatic N) is 1. The summed E-state index contributed by atoms with van der Waals surface area (Å²) in [6.07, 6.45) is -4.80. The van der Waals surface area contributed by atoms with Gasteiger partial charge >= 0.3 is 12.1 Å². The minimum atomic E-state index is -4.80. The van der Waals surface area contributed by atoms with Crippen LogP contribution < -0.4 is 14.8 Å². The number of anilines is 1. The van der Waals surface area contributed by atoms with Gasteiger partial charge < -0.3 is 19.5 Å². The number of ether oxygens (including phenoxy) is 3. The predicted octanol–water partition coefficient (Wildman–Crippen LogP) is 3.79. The molecule has 0 fully saturated rings. The molecule has 1 aliphatic heterocycles. The van der Waals surface area contributed by atoms with Crippen LogP contribution in [0.5, 0.6) is 11.5 Å². The lowest BCUT2D eigenvalue weighted by atomic mass is 10.1. The number of esters is 1. The lowest BCUT2D eigenvalue weighted by Crippen LogP contribution is -2.21. The Bertz CT molecular complexity index is 1040. The van der Waals surface area contributed by atoms with E-state index < -0.39 is 46.5 Å². The molecule has 0 spiro atoms. The molecule has 13 heteroatoms. The number of nitro benzene ring substituents is 1. The van der Waals surface area contributed by atoms with Crippen LogP contribution in [0.2, 0.25) is 5.02 Å². The summed E-state index contributed by atoms with van der Waals surface area (Å²) in [5, 5.41) is 13.1. The van der Waals surface area contributed by atoms with Crippen molar-refractivity contribution in [2.24, 2.45) is 0 Å². The van der Waals surface area contributed by atoms with Crippen LogP contribution in [0.4, 0.5) is 24.5 Å². The molecular weight excluding hydrogens is 437 g/mol. The molecule has 0 radical (unpaired) electrons. The maximum atomic E-state index is 12.7. The van der Waals surface area contributed by atoms with Crippen molar-refractivity contribution in [3.63, 3.8) is 0 Å². The van der Waals surface area contributed by atoms with Crippen LogP contribution >= 0.6 is 11.6 Å². The second-order valence-corrected chi connectivity index (χ2v) is 6.21. The normalized spacial score (nSPS) is 12.4. The molecule has 0 aliphatic carbocycles. The number of alkyl halides is 3.